The van der Waals surface area contributed by atoms with Crippen LogP contribution in [0.5, 0.6) is 0 Å². The van der Waals surface area contributed by atoms with Gasteiger partial charge in [0.1, 0.15) is 5.58 Å². The van der Waals surface area contributed by atoms with E-state index in [9.17, 15) is 8.42 Å². The summed E-state index contributed by atoms with van der Waals surface area (Å²) in [6.07, 6.45) is 3.63. The predicted molar refractivity (Wildman–Crippen MR) is 75.5 cm³/mol. The zero-order valence-electron chi connectivity index (χ0n) is 10.4. The van der Waals surface area contributed by atoms with Crippen molar-refractivity contribution in [3.63, 3.8) is 0 Å². The minimum atomic E-state index is -3.81. The van der Waals surface area contributed by atoms with Crippen molar-refractivity contribution in [1.29, 1.82) is 0 Å². The summed E-state index contributed by atoms with van der Waals surface area (Å²) in [6.45, 7) is 1.50. The first-order valence-electron chi connectivity index (χ1n) is 5.61. The number of furan rings is 1. The number of primary sulfonamides is 1. The van der Waals surface area contributed by atoms with Crippen molar-refractivity contribution >= 4 is 32.8 Å². The van der Waals surface area contributed by atoms with Gasteiger partial charge in [0.05, 0.1) is 5.69 Å². The molecule has 0 amide bonds. The Labute approximate surface area is 115 Å². The lowest BCUT2D eigenvalue weighted by Gasteiger charge is -2.02. The summed E-state index contributed by atoms with van der Waals surface area (Å²) in [5.74, 6) is 1.03. The molecule has 0 spiro atoms. The molecular weight excluding hydrogens is 286 g/mol. The first-order chi connectivity index (χ1) is 9.00. The van der Waals surface area contributed by atoms with Crippen LogP contribution in [0.15, 0.2) is 27.8 Å². The Hall–Kier alpha value is -1.09. The van der Waals surface area contributed by atoms with Gasteiger partial charge in [0.25, 0.3) is 10.0 Å². The van der Waals surface area contributed by atoms with E-state index in [1.165, 1.54) is 6.07 Å². The zero-order chi connectivity index (χ0) is 13.9. The standard InChI is InChI=1S/C11H15N3O3S2/c1-18-3-2-13-7-9-5-10-8(6-14-9)4-11(17-10)19(12,15)16/h4-6,13H,2-3,7H2,1H3,(H2,12,15,16). The van der Waals surface area contributed by atoms with Gasteiger partial charge < -0.3 is 9.73 Å². The Morgan fingerprint density at radius 2 is 2.26 bits per heavy atom. The maximum absolute atomic E-state index is 11.2. The van der Waals surface area contributed by atoms with E-state index in [4.69, 9.17) is 9.56 Å². The lowest BCUT2D eigenvalue weighted by Crippen LogP contribution is -2.17. The van der Waals surface area contributed by atoms with Crippen LogP contribution in [0.2, 0.25) is 0 Å². The monoisotopic (exact) mass is 301 g/mol. The fourth-order valence-electron chi connectivity index (χ4n) is 1.58. The molecule has 0 bridgehead atoms. The van der Waals surface area contributed by atoms with E-state index in [1.54, 1.807) is 24.0 Å². The molecule has 8 heteroatoms. The Balaban J connectivity index is 2.16. The van der Waals surface area contributed by atoms with Crippen LogP contribution in [-0.2, 0) is 16.6 Å². The van der Waals surface area contributed by atoms with Crippen LogP contribution in [0.4, 0.5) is 0 Å². The molecule has 0 saturated heterocycles. The fraction of sp³-hybridized carbons (Fsp3) is 0.364. The number of nitrogens with zero attached hydrogens (tertiary/aromatic N) is 1. The van der Waals surface area contributed by atoms with E-state index in [-0.39, 0.29) is 5.09 Å². The number of pyridine rings is 1. The highest BCUT2D eigenvalue weighted by atomic mass is 32.2. The Bertz CT molecular complexity index is 667. The maximum atomic E-state index is 11.2. The highest BCUT2D eigenvalue weighted by molar-refractivity contribution is 7.98. The van der Waals surface area contributed by atoms with Gasteiger partial charge >= 0.3 is 0 Å². The molecule has 0 aliphatic carbocycles. The summed E-state index contributed by atoms with van der Waals surface area (Å²) in [5, 5.41) is 8.64. The van der Waals surface area contributed by atoms with Crippen LogP contribution in [0.3, 0.4) is 0 Å². The van der Waals surface area contributed by atoms with Crippen molar-refractivity contribution in [3.8, 4) is 0 Å². The predicted octanol–water partition coefficient (Wildman–Crippen LogP) is 0.928. The number of fused-ring (bicyclic) bond motifs is 1. The fourth-order valence-corrected chi connectivity index (χ4v) is 2.42. The summed E-state index contributed by atoms with van der Waals surface area (Å²) in [4.78, 5) is 4.23. The molecule has 19 heavy (non-hydrogen) atoms. The molecule has 0 aromatic carbocycles. The van der Waals surface area contributed by atoms with E-state index >= 15 is 0 Å². The molecule has 2 heterocycles. The van der Waals surface area contributed by atoms with Crippen molar-refractivity contribution in [2.24, 2.45) is 5.14 Å². The smallest absolute Gasteiger partial charge is 0.271 e. The second kappa shape index (κ2) is 5.91. The first kappa shape index (κ1) is 14.3. The lowest BCUT2D eigenvalue weighted by atomic mass is 10.3. The highest BCUT2D eigenvalue weighted by Crippen LogP contribution is 2.21. The van der Waals surface area contributed by atoms with E-state index in [0.717, 1.165) is 18.0 Å². The molecule has 0 aliphatic rings. The van der Waals surface area contributed by atoms with Gasteiger partial charge in [-0.1, -0.05) is 0 Å². The number of thioether (sulfide) groups is 1. The minimum Gasteiger partial charge on any atom is -0.443 e. The summed E-state index contributed by atoms with van der Waals surface area (Å²) >= 11 is 1.76. The van der Waals surface area contributed by atoms with Crippen LogP contribution >= 0.6 is 11.8 Å². The number of nitrogens with two attached hydrogens (primary N) is 1. The number of sulfonamides is 1. The molecule has 3 N–H and O–H groups in total. The number of hydrogen-bond acceptors (Lipinski definition) is 6. The third-order valence-corrected chi connectivity index (χ3v) is 3.88. The summed E-state index contributed by atoms with van der Waals surface area (Å²) in [5.41, 5.74) is 1.27. The average molecular weight is 301 g/mol. The molecule has 0 radical (unpaired) electrons. The lowest BCUT2D eigenvalue weighted by molar-refractivity contribution is 0.482. The Morgan fingerprint density at radius 3 is 2.95 bits per heavy atom. The third-order valence-electron chi connectivity index (χ3n) is 2.51. The molecule has 0 aliphatic heterocycles. The SMILES string of the molecule is CSCCNCc1cc2oc(S(N)(=O)=O)cc2cn1. The first-order valence-corrected chi connectivity index (χ1v) is 8.55. The van der Waals surface area contributed by atoms with Crippen LogP contribution in [0.25, 0.3) is 11.0 Å². The van der Waals surface area contributed by atoms with E-state index in [2.05, 4.69) is 10.3 Å². The van der Waals surface area contributed by atoms with Gasteiger partial charge in [0, 0.05) is 42.6 Å². The molecule has 6 nitrogen and oxygen atoms in total. The quantitative estimate of drug-likeness (QED) is 0.770. The normalized spacial score (nSPS) is 12.1. The van der Waals surface area contributed by atoms with Crippen molar-refractivity contribution in [3.05, 3.63) is 24.0 Å². The average Bonchev–Trinajstić information content (AvgIpc) is 2.77. The van der Waals surface area contributed by atoms with Gasteiger partial charge in [-0.2, -0.15) is 11.8 Å². The van der Waals surface area contributed by atoms with Gasteiger partial charge in [-0.25, -0.2) is 13.6 Å². The van der Waals surface area contributed by atoms with Gasteiger partial charge in [0.15, 0.2) is 0 Å². The van der Waals surface area contributed by atoms with Crippen LogP contribution < -0.4 is 10.5 Å². The van der Waals surface area contributed by atoms with Crippen molar-refractivity contribution in [2.75, 3.05) is 18.6 Å². The second-order valence-electron chi connectivity index (χ2n) is 3.99. The van der Waals surface area contributed by atoms with E-state index in [1.807, 2.05) is 6.26 Å². The molecule has 0 unspecified atom stereocenters. The highest BCUT2D eigenvalue weighted by Gasteiger charge is 2.14. The van der Waals surface area contributed by atoms with Gasteiger partial charge in [-0.05, 0) is 6.26 Å². The summed E-state index contributed by atoms with van der Waals surface area (Å²) < 4.78 is 27.6. The number of aromatic nitrogens is 1. The van der Waals surface area contributed by atoms with E-state index in [0.29, 0.717) is 17.5 Å². The Kier molecular flexibility index (Phi) is 4.46. The molecular formula is C11H15N3O3S2. The van der Waals surface area contributed by atoms with Gasteiger partial charge in [-0.3, -0.25) is 4.98 Å². The number of nitrogens with one attached hydrogen (secondary N) is 1. The molecule has 0 fully saturated rings. The number of rotatable bonds is 6. The largest absolute Gasteiger partial charge is 0.443 e. The molecule has 0 atom stereocenters. The maximum Gasteiger partial charge on any atom is 0.271 e. The molecule has 2 aromatic heterocycles. The van der Waals surface area contributed by atoms with Crippen LogP contribution in [0.1, 0.15) is 5.69 Å². The minimum absolute atomic E-state index is 0.239. The van der Waals surface area contributed by atoms with Crippen molar-refractivity contribution in [1.82, 2.24) is 10.3 Å². The molecule has 104 valence electrons. The zero-order valence-corrected chi connectivity index (χ0v) is 12.1. The molecule has 2 rings (SSSR count). The van der Waals surface area contributed by atoms with Crippen molar-refractivity contribution < 1.29 is 12.8 Å². The molecule has 2 aromatic rings. The van der Waals surface area contributed by atoms with E-state index < -0.39 is 10.0 Å². The van der Waals surface area contributed by atoms with Gasteiger partial charge in [-0.15, -0.1) is 0 Å². The summed E-state index contributed by atoms with van der Waals surface area (Å²) in [6, 6.07) is 3.10. The topological polar surface area (TPSA) is 98.2 Å². The second-order valence-corrected chi connectivity index (χ2v) is 6.47. The number of hydrogen-bond donors (Lipinski definition) is 2. The van der Waals surface area contributed by atoms with Crippen LogP contribution in [0, 0.1) is 0 Å². The van der Waals surface area contributed by atoms with Gasteiger partial charge in [0.2, 0.25) is 5.09 Å². The summed E-state index contributed by atoms with van der Waals surface area (Å²) in [7, 11) is -3.81. The van der Waals surface area contributed by atoms with Crippen LogP contribution in [-0.4, -0.2) is 32.0 Å². The molecule has 0 saturated carbocycles. The third kappa shape index (κ3) is 3.69. The van der Waals surface area contributed by atoms with Crippen molar-refractivity contribution in [2.45, 2.75) is 11.6 Å². The Morgan fingerprint density at radius 1 is 1.47 bits per heavy atom.